The first kappa shape index (κ1) is 15.5. The third kappa shape index (κ3) is 3.24. The van der Waals surface area contributed by atoms with E-state index in [0.717, 1.165) is 5.92 Å². The van der Waals surface area contributed by atoms with Crippen molar-refractivity contribution in [1.82, 2.24) is 10.2 Å². The molecule has 2 rings (SSSR count). The van der Waals surface area contributed by atoms with Gasteiger partial charge >= 0.3 is 0 Å². The van der Waals surface area contributed by atoms with Gasteiger partial charge in [0.05, 0.1) is 0 Å². The number of rotatable bonds is 5. The zero-order chi connectivity index (χ0) is 14.7. The van der Waals surface area contributed by atoms with E-state index in [1.165, 1.54) is 18.5 Å². The molecule has 112 valence electrons. The Morgan fingerprint density at radius 2 is 1.80 bits per heavy atom. The lowest BCUT2D eigenvalue weighted by molar-refractivity contribution is 0.111. The molecular formula is C18H30N2. The summed E-state index contributed by atoms with van der Waals surface area (Å²) in [4.78, 5) is 2.73. The average molecular weight is 274 g/mol. The molecule has 1 aliphatic rings. The Morgan fingerprint density at radius 1 is 1.15 bits per heavy atom. The molecule has 1 saturated heterocycles. The van der Waals surface area contributed by atoms with Crippen LogP contribution in [0.1, 0.15) is 45.7 Å². The monoisotopic (exact) mass is 274 g/mol. The third-order valence-electron chi connectivity index (χ3n) is 4.71. The van der Waals surface area contributed by atoms with E-state index in [1.807, 2.05) is 0 Å². The topological polar surface area (TPSA) is 15.3 Å². The van der Waals surface area contributed by atoms with Crippen LogP contribution in [0.4, 0.5) is 0 Å². The van der Waals surface area contributed by atoms with Crippen molar-refractivity contribution in [2.24, 2.45) is 11.8 Å². The van der Waals surface area contributed by atoms with Gasteiger partial charge in [0.2, 0.25) is 0 Å². The maximum Gasteiger partial charge on any atom is 0.0478 e. The van der Waals surface area contributed by atoms with E-state index in [1.54, 1.807) is 0 Å². The number of nitrogens with zero attached hydrogens (tertiary/aromatic N) is 1. The van der Waals surface area contributed by atoms with Crippen LogP contribution in [0.5, 0.6) is 0 Å². The molecule has 1 N–H and O–H groups in total. The van der Waals surface area contributed by atoms with E-state index in [4.69, 9.17) is 0 Å². The van der Waals surface area contributed by atoms with Crippen LogP contribution in [0.15, 0.2) is 30.3 Å². The average Bonchev–Trinajstić information content (AvgIpc) is 2.75. The van der Waals surface area contributed by atoms with Crippen molar-refractivity contribution in [1.29, 1.82) is 0 Å². The fourth-order valence-electron chi connectivity index (χ4n) is 3.90. The molecule has 0 aromatic heterocycles. The van der Waals surface area contributed by atoms with Crippen molar-refractivity contribution in [2.75, 3.05) is 13.6 Å². The van der Waals surface area contributed by atoms with Crippen LogP contribution in [-0.2, 0) is 0 Å². The van der Waals surface area contributed by atoms with Gasteiger partial charge in [-0.25, -0.2) is 0 Å². The minimum absolute atomic E-state index is 0.406. The molecule has 0 saturated carbocycles. The molecule has 0 amide bonds. The molecule has 2 nitrogen and oxygen atoms in total. The number of likely N-dealkylation sites (N-methyl/N-ethyl adjacent to an activating group) is 1. The molecule has 4 unspecified atom stereocenters. The SMILES string of the molecule is CNC(c1ccccc1)C(C(C)C)N1CC(C)CC1C. The number of benzene rings is 1. The second-order valence-electron chi connectivity index (χ2n) is 6.80. The lowest BCUT2D eigenvalue weighted by atomic mass is 9.89. The summed E-state index contributed by atoms with van der Waals surface area (Å²) in [6.07, 6.45) is 1.33. The molecule has 0 spiro atoms. The number of hydrogen-bond acceptors (Lipinski definition) is 2. The van der Waals surface area contributed by atoms with Crippen molar-refractivity contribution in [2.45, 2.75) is 52.2 Å². The quantitative estimate of drug-likeness (QED) is 0.880. The highest BCUT2D eigenvalue weighted by atomic mass is 15.2. The summed E-state index contributed by atoms with van der Waals surface area (Å²) in [6.45, 7) is 10.7. The Labute approximate surface area is 124 Å². The smallest absolute Gasteiger partial charge is 0.0478 e. The molecule has 1 fully saturated rings. The predicted molar refractivity (Wildman–Crippen MR) is 86.8 cm³/mol. The Bertz CT molecular complexity index is 401. The lowest BCUT2D eigenvalue weighted by Crippen LogP contribution is -2.48. The fourth-order valence-corrected chi connectivity index (χ4v) is 3.90. The van der Waals surface area contributed by atoms with Crippen LogP contribution < -0.4 is 5.32 Å². The van der Waals surface area contributed by atoms with E-state index < -0.39 is 0 Å². The Balaban J connectivity index is 2.27. The highest BCUT2D eigenvalue weighted by Gasteiger charge is 2.37. The Kier molecular flexibility index (Phi) is 5.22. The standard InChI is InChI=1S/C18H30N2/c1-13(2)18(20-12-14(3)11-15(20)4)17(19-5)16-9-7-6-8-10-16/h6-10,13-15,17-19H,11-12H2,1-5H3. The van der Waals surface area contributed by atoms with Crippen molar-refractivity contribution >= 4 is 0 Å². The summed E-state index contributed by atoms with van der Waals surface area (Å²) in [7, 11) is 2.09. The Hall–Kier alpha value is -0.860. The largest absolute Gasteiger partial charge is 0.312 e. The lowest BCUT2D eigenvalue weighted by Gasteiger charge is -2.40. The van der Waals surface area contributed by atoms with Crippen molar-refractivity contribution in [3.05, 3.63) is 35.9 Å². The first-order chi connectivity index (χ1) is 9.54. The van der Waals surface area contributed by atoms with E-state index in [-0.39, 0.29) is 0 Å². The second kappa shape index (κ2) is 6.73. The summed E-state index contributed by atoms with van der Waals surface area (Å²) in [5.74, 6) is 1.46. The minimum Gasteiger partial charge on any atom is -0.312 e. The molecular weight excluding hydrogens is 244 g/mol. The van der Waals surface area contributed by atoms with Crippen LogP contribution in [0, 0.1) is 11.8 Å². The summed E-state index contributed by atoms with van der Waals surface area (Å²) in [6, 6.07) is 12.5. The van der Waals surface area contributed by atoms with Crippen LogP contribution >= 0.6 is 0 Å². The van der Waals surface area contributed by atoms with Crippen molar-refractivity contribution in [3.8, 4) is 0 Å². The molecule has 1 heterocycles. The third-order valence-corrected chi connectivity index (χ3v) is 4.71. The first-order valence-electron chi connectivity index (χ1n) is 8.02. The van der Waals surface area contributed by atoms with Crippen molar-refractivity contribution in [3.63, 3.8) is 0 Å². The zero-order valence-electron chi connectivity index (χ0n) is 13.6. The zero-order valence-corrected chi connectivity index (χ0v) is 13.6. The van der Waals surface area contributed by atoms with Gasteiger partial charge in [0.1, 0.15) is 0 Å². The maximum absolute atomic E-state index is 3.57. The van der Waals surface area contributed by atoms with Crippen LogP contribution in [0.3, 0.4) is 0 Å². The molecule has 0 aliphatic carbocycles. The molecule has 1 aliphatic heterocycles. The normalized spacial score (nSPS) is 26.9. The van der Waals surface area contributed by atoms with Gasteiger partial charge in [-0.1, -0.05) is 51.1 Å². The van der Waals surface area contributed by atoms with Crippen LogP contribution in [-0.4, -0.2) is 30.6 Å². The number of likely N-dealkylation sites (tertiary alicyclic amines) is 1. The van der Waals surface area contributed by atoms with Crippen LogP contribution in [0.25, 0.3) is 0 Å². The molecule has 0 bridgehead atoms. The summed E-state index contributed by atoms with van der Waals surface area (Å²) >= 11 is 0. The highest BCUT2D eigenvalue weighted by Crippen LogP contribution is 2.33. The molecule has 0 radical (unpaired) electrons. The van der Waals surface area contributed by atoms with Crippen molar-refractivity contribution < 1.29 is 0 Å². The number of nitrogens with one attached hydrogen (secondary N) is 1. The van der Waals surface area contributed by atoms with Gasteiger partial charge in [0.25, 0.3) is 0 Å². The number of hydrogen-bond donors (Lipinski definition) is 1. The summed E-state index contributed by atoms with van der Waals surface area (Å²) in [5.41, 5.74) is 1.40. The molecule has 20 heavy (non-hydrogen) atoms. The van der Waals surface area contributed by atoms with Gasteiger partial charge in [-0.05, 0) is 37.8 Å². The van der Waals surface area contributed by atoms with Crippen LogP contribution in [0.2, 0.25) is 0 Å². The van der Waals surface area contributed by atoms with E-state index in [2.05, 4.69) is 75.3 Å². The van der Waals surface area contributed by atoms with E-state index >= 15 is 0 Å². The Morgan fingerprint density at radius 3 is 2.25 bits per heavy atom. The van der Waals surface area contributed by atoms with Gasteiger partial charge in [-0.15, -0.1) is 0 Å². The van der Waals surface area contributed by atoms with Gasteiger partial charge in [0.15, 0.2) is 0 Å². The highest BCUT2D eigenvalue weighted by molar-refractivity contribution is 5.21. The first-order valence-corrected chi connectivity index (χ1v) is 8.02. The van der Waals surface area contributed by atoms with Gasteiger partial charge in [-0.3, -0.25) is 4.90 Å². The maximum atomic E-state index is 3.57. The van der Waals surface area contributed by atoms with E-state index in [0.29, 0.717) is 24.0 Å². The fraction of sp³-hybridized carbons (Fsp3) is 0.667. The molecule has 4 atom stereocenters. The summed E-state index contributed by atoms with van der Waals surface area (Å²) < 4.78 is 0. The second-order valence-corrected chi connectivity index (χ2v) is 6.80. The van der Waals surface area contributed by atoms with Gasteiger partial charge < -0.3 is 5.32 Å². The minimum atomic E-state index is 0.406. The summed E-state index contributed by atoms with van der Waals surface area (Å²) in [5, 5.41) is 3.57. The van der Waals surface area contributed by atoms with Gasteiger partial charge in [-0.2, -0.15) is 0 Å². The predicted octanol–water partition coefficient (Wildman–Crippen LogP) is 3.70. The van der Waals surface area contributed by atoms with Gasteiger partial charge in [0, 0.05) is 24.7 Å². The molecule has 2 heteroatoms. The molecule has 1 aromatic carbocycles. The molecule has 1 aromatic rings. The van der Waals surface area contributed by atoms with E-state index in [9.17, 15) is 0 Å².